The van der Waals surface area contributed by atoms with Gasteiger partial charge < -0.3 is 9.88 Å². The predicted molar refractivity (Wildman–Crippen MR) is 85.2 cm³/mol. The number of fused-ring (bicyclic) bond motifs is 1. The fourth-order valence-corrected chi connectivity index (χ4v) is 2.42. The van der Waals surface area contributed by atoms with Crippen molar-refractivity contribution in [2.45, 2.75) is 19.9 Å². The molecule has 0 radical (unpaired) electrons. The second-order valence-electron chi connectivity index (χ2n) is 5.35. The molecular weight excluding hydrogens is 276 g/mol. The van der Waals surface area contributed by atoms with Crippen LogP contribution in [0.3, 0.4) is 0 Å². The number of nitrogens with one attached hydrogen (secondary N) is 1. The Morgan fingerprint density at radius 3 is 2.73 bits per heavy atom. The van der Waals surface area contributed by atoms with E-state index in [4.69, 9.17) is 0 Å². The molecule has 1 amide bonds. The highest BCUT2D eigenvalue weighted by atomic mass is 16.1. The molecule has 22 heavy (non-hydrogen) atoms. The highest BCUT2D eigenvalue weighted by Gasteiger charge is 2.06. The van der Waals surface area contributed by atoms with Crippen molar-refractivity contribution in [2.24, 2.45) is 7.05 Å². The summed E-state index contributed by atoms with van der Waals surface area (Å²) in [7, 11) is 2.00. The van der Waals surface area contributed by atoms with Gasteiger partial charge in [-0.1, -0.05) is 6.07 Å². The first-order valence-corrected chi connectivity index (χ1v) is 7.21. The van der Waals surface area contributed by atoms with Gasteiger partial charge >= 0.3 is 0 Å². The van der Waals surface area contributed by atoms with Gasteiger partial charge in [0.15, 0.2) is 0 Å². The third-order valence-corrected chi connectivity index (χ3v) is 3.77. The summed E-state index contributed by atoms with van der Waals surface area (Å²) in [4.78, 5) is 20.4. The minimum absolute atomic E-state index is 0.00324. The number of carbonyl (C=O) groups is 1. The average Bonchev–Trinajstić information content (AvgIpc) is 2.81. The minimum Gasteiger partial charge on any atom is -0.352 e. The maximum Gasteiger partial charge on any atom is 0.224 e. The van der Waals surface area contributed by atoms with Gasteiger partial charge in [0.25, 0.3) is 0 Å². The fraction of sp³-hybridized carbons (Fsp3) is 0.235. The molecule has 0 aliphatic rings. The van der Waals surface area contributed by atoms with Crippen LogP contribution in [0, 0.1) is 6.92 Å². The van der Waals surface area contributed by atoms with Crippen molar-refractivity contribution in [1.29, 1.82) is 0 Å². The summed E-state index contributed by atoms with van der Waals surface area (Å²) in [5, 5.41) is 2.94. The molecule has 2 heterocycles. The number of imidazole rings is 1. The van der Waals surface area contributed by atoms with Gasteiger partial charge in [0.1, 0.15) is 5.82 Å². The molecule has 1 N–H and O–H groups in total. The van der Waals surface area contributed by atoms with Crippen molar-refractivity contribution in [3.05, 3.63) is 59.7 Å². The molecule has 0 spiro atoms. The van der Waals surface area contributed by atoms with Gasteiger partial charge in [0.2, 0.25) is 5.91 Å². The maximum atomic E-state index is 12.0. The van der Waals surface area contributed by atoms with Crippen LogP contribution in [-0.2, 0) is 24.8 Å². The number of nitrogens with zero attached hydrogens (tertiary/aromatic N) is 3. The van der Waals surface area contributed by atoms with Crippen molar-refractivity contribution in [3.63, 3.8) is 0 Å². The molecule has 3 rings (SSSR count). The maximum absolute atomic E-state index is 12.0. The van der Waals surface area contributed by atoms with E-state index in [1.165, 1.54) is 0 Å². The third kappa shape index (κ3) is 2.98. The molecule has 2 aromatic heterocycles. The quantitative estimate of drug-likeness (QED) is 0.802. The Hall–Kier alpha value is -2.69. The molecule has 0 saturated carbocycles. The smallest absolute Gasteiger partial charge is 0.224 e. The van der Waals surface area contributed by atoms with Gasteiger partial charge in [-0.25, -0.2) is 4.98 Å². The van der Waals surface area contributed by atoms with Crippen LogP contribution in [0.4, 0.5) is 0 Å². The topological polar surface area (TPSA) is 59.8 Å². The van der Waals surface area contributed by atoms with Crippen LogP contribution in [0.2, 0.25) is 0 Å². The lowest BCUT2D eigenvalue weighted by atomic mass is 10.1. The molecule has 0 unspecified atom stereocenters. The number of pyridine rings is 1. The van der Waals surface area contributed by atoms with Crippen LogP contribution in [0.25, 0.3) is 11.0 Å². The Morgan fingerprint density at radius 1 is 1.18 bits per heavy atom. The van der Waals surface area contributed by atoms with Crippen LogP contribution in [0.15, 0.2) is 42.7 Å². The number of aryl methyl sites for hydroxylation is 2. The number of aromatic nitrogens is 3. The first-order valence-electron chi connectivity index (χ1n) is 7.21. The van der Waals surface area contributed by atoms with E-state index >= 15 is 0 Å². The average molecular weight is 294 g/mol. The fourth-order valence-electron chi connectivity index (χ4n) is 2.42. The Bertz CT molecular complexity index is 808. The summed E-state index contributed by atoms with van der Waals surface area (Å²) in [5.41, 5.74) is 4.07. The molecule has 0 saturated heterocycles. The molecule has 0 bridgehead atoms. The Morgan fingerprint density at radius 2 is 1.95 bits per heavy atom. The van der Waals surface area contributed by atoms with E-state index in [0.717, 1.165) is 28.0 Å². The second kappa shape index (κ2) is 5.97. The lowest BCUT2D eigenvalue weighted by Gasteiger charge is -2.06. The van der Waals surface area contributed by atoms with Crippen molar-refractivity contribution in [2.75, 3.05) is 0 Å². The first kappa shape index (κ1) is 14.3. The summed E-state index contributed by atoms with van der Waals surface area (Å²) >= 11 is 0. The number of carbonyl (C=O) groups excluding carboxylic acids is 1. The van der Waals surface area contributed by atoms with E-state index < -0.39 is 0 Å². The normalized spacial score (nSPS) is 10.8. The zero-order valence-corrected chi connectivity index (χ0v) is 12.7. The van der Waals surface area contributed by atoms with Gasteiger partial charge in [0.05, 0.1) is 17.5 Å². The number of rotatable bonds is 4. The van der Waals surface area contributed by atoms with Gasteiger partial charge in [-0.2, -0.15) is 0 Å². The summed E-state index contributed by atoms with van der Waals surface area (Å²) < 4.78 is 2.06. The molecule has 0 aliphatic heterocycles. The molecule has 0 fully saturated rings. The standard InChI is InChI=1S/C17H18N4O/c1-12-20-15-9-14(3-4-16(15)21(12)2)11-19-17(22)10-13-5-7-18-8-6-13/h3-9H,10-11H2,1-2H3,(H,19,22). The zero-order valence-electron chi connectivity index (χ0n) is 12.7. The molecule has 1 aromatic carbocycles. The Labute approximate surface area is 129 Å². The van der Waals surface area contributed by atoms with Crippen LogP contribution >= 0.6 is 0 Å². The molecule has 112 valence electrons. The summed E-state index contributed by atoms with van der Waals surface area (Å²) in [5.74, 6) is 0.984. The molecular formula is C17H18N4O. The van der Waals surface area contributed by atoms with Crippen LogP contribution in [-0.4, -0.2) is 20.4 Å². The van der Waals surface area contributed by atoms with Crippen LogP contribution < -0.4 is 5.32 Å². The van der Waals surface area contributed by atoms with E-state index in [0.29, 0.717) is 13.0 Å². The van der Waals surface area contributed by atoms with Crippen molar-refractivity contribution in [3.8, 4) is 0 Å². The van der Waals surface area contributed by atoms with Gasteiger partial charge in [-0.15, -0.1) is 0 Å². The van der Waals surface area contributed by atoms with E-state index in [2.05, 4.69) is 19.9 Å². The van der Waals surface area contributed by atoms with E-state index in [9.17, 15) is 4.79 Å². The van der Waals surface area contributed by atoms with E-state index in [-0.39, 0.29) is 5.91 Å². The molecule has 0 atom stereocenters. The minimum atomic E-state index is 0.00324. The van der Waals surface area contributed by atoms with Gasteiger partial charge in [-0.3, -0.25) is 9.78 Å². The number of hydrogen-bond donors (Lipinski definition) is 1. The largest absolute Gasteiger partial charge is 0.352 e. The lowest BCUT2D eigenvalue weighted by molar-refractivity contribution is -0.120. The molecule has 5 nitrogen and oxygen atoms in total. The highest BCUT2D eigenvalue weighted by molar-refractivity contribution is 5.79. The monoisotopic (exact) mass is 294 g/mol. The SMILES string of the molecule is Cc1nc2cc(CNC(=O)Cc3ccncc3)ccc2n1C. The third-order valence-electron chi connectivity index (χ3n) is 3.77. The van der Waals surface area contributed by atoms with E-state index in [1.54, 1.807) is 12.4 Å². The van der Waals surface area contributed by atoms with Gasteiger partial charge in [-0.05, 0) is 42.3 Å². The number of amides is 1. The van der Waals surface area contributed by atoms with Gasteiger partial charge in [0, 0.05) is 26.0 Å². The first-order chi connectivity index (χ1) is 10.6. The van der Waals surface area contributed by atoms with Crippen molar-refractivity contribution < 1.29 is 4.79 Å². The van der Waals surface area contributed by atoms with Crippen LogP contribution in [0.1, 0.15) is 17.0 Å². The lowest BCUT2D eigenvalue weighted by Crippen LogP contribution is -2.24. The number of hydrogen-bond acceptors (Lipinski definition) is 3. The molecule has 5 heteroatoms. The summed E-state index contributed by atoms with van der Waals surface area (Å²) in [6.45, 7) is 2.49. The van der Waals surface area contributed by atoms with Crippen molar-refractivity contribution in [1.82, 2.24) is 19.9 Å². The summed E-state index contributed by atoms with van der Waals surface area (Å²) in [6, 6.07) is 9.79. The zero-order chi connectivity index (χ0) is 15.5. The molecule has 3 aromatic rings. The highest BCUT2D eigenvalue weighted by Crippen LogP contribution is 2.16. The van der Waals surface area contributed by atoms with E-state index in [1.807, 2.05) is 44.3 Å². The Balaban J connectivity index is 1.65. The Kier molecular flexibility index (Phi) is 3.87. The van der Waals surface area contributed by atoms with Crippen molar-refractivity contribution >= 4 is 16.9 Å². The summed E-state index contributed by atoms with van der Waals surface area (Å²) in [6.07, 6.45) is 3.76. The predicted octanol–water partition coefficient (Wildman–Crippen LogP) is 2.14. The molecule has 0 aliphatic carbocycles. The van der Waals surface area contributed by atoms with Crippen LogP contribution in [0.5, 0.6) is 0 Å². The number of benzene rings is 1. The second-order valence-corrected chi connectivity index (χ2v) is 5.35.